The lowest BCUT2D eigenvalue weighted by molar-refractivity contribution is -0.126. The van der Waals surface area contributed by atoms with Gasteiger partial charge in [0.15, 0.2) is 0 Å². The Morgan fingerprint density at radius 2 is 1.96 bits per heavy atom. The quantitative estimate of drug-likeness (QED) is 0.937. The first kappa shape index (κ1) is 15.6. The van der Waals surface area contributed by atoms with Crippen LogP contribution in [0.2, 0.25) is 5.02 Å². The number of amides is 2. The fourth-order valence-corrected chi connectivity index (χ4v) is 3.05. The summed E-state index contributed by atoms with van der Waals surface area (Å²) >= 11 is 6.05. The van der Waals surface area contributed by atoms with E-state index >= 15 is 0 Å². The first-order valence-corrected chi connectivity index (χ1v) is 7.86. The van der Waals surface area contributed by atoms with Gasteiger partial charge in [0, 0.05) is 29.7 Å². The van der Waals surface area contributed by atoms with Crippen LogP contribution in [-0.2, 0) is 16.0 Å². The molecule has 0 fully saturated rings. The first-order valence-electron chi connectivity index (χ1n) is 7.48. The summed E-state index contributed by atoms with van der Waals surface area (Å²) in [4.78, 5) is 25.8. The Morgan fingerprint density at radius 3 is 2.65 bits per heavy atom. The molecule has 0 unspecified atom stereocenters. The molecule has 118 valence electrons. The number of carbonyl (C=O) groups is 2. The molecule has 2 aromatic rings. The predicted octanol–water partition coefficient (Wildman–Crippen LogP) is 3.11. The Labute approximate surface area is 140 Å². The van der Waals surface area contributed by atoms with Gasteiger partial charge in [-0.1, -0.05) is 41.9 Å². The van der Waals surface area contributed by atoms with Crippen molar-refractivity contribution in [1.82, 2.24) is 5.32 Å². The lowest BCUT2D eigenvalue weighted by Crippen LogP contribution is -2.37. The SMILES string of the molecule is CC(=O)N[C@@H]1C(=O)N(CCc2ccccc2)c2ccc(Cl)cc21. The van der Waals surface area contributed by atoms with E-state index in [0.717, 1.165) is 17.7 Å². The van der Waals surface area contributed by atoms with Crippen LogP contribution in [0.15, 0.2) is 48.5 Å². The van der Waals surface area contributed by atoms with E-state index < -0.39 is 6.04 Å². The van der Waals surface area contributed by atoms with E-state index in [-0.39, 0.29) is 11.8 Å². The predicted molar refractivity (Wildman–Crippen MR) is 90.5 cm³/mol. The number of benzene rings is 2. The summed E-state index contributed by atoms with van der Waals surface area (Å²) in [5.74, 6) is -0.354. The molecule has 1 atom stereocenters. The van der Waals surface area contributed by atoms with Crippen LogP contribution in [0, 0.1) is 0 Å². The van der Waals surface area contributed by atoms with Gasteiger partial charge in [-0.25, -0.2) is 0 Å². The maximum absolute atomic E-state index is 12.7. The fourth-order valence-electron chi connectivity index (χ4n) is 2.87. The number of carbonyl (C=O) groups excluding carboxylic acids is 2. The third-order valence-electron chi connectivity index (χ3n) is 3.92. The molecule has 0 aliphatic carbocycles. The van der Waals surface area contributed by atoms with E-state index in [2.05, 4.69) is 5.32 Å². The highest BCUT2D eigenvalue weighted by Gasteiger charge is 2.37. The van der Waals surface area contributed by atoms with Gasteiger partial charge >= 0.3 is 0 Å². The van der Waals surface area contributed by atoms with Crippen molar-refractivity contribution >= 4 is 29.1 Å². The minimum atomic E-state index is -0.656. The molecule has 0 bridgehead atoms. The van der Waals surface area contributed by atoms with Crippen LogP contribution in [0.4, 0.5) is 5.69 Å². The highest BCUT2D eigenvalue weighted by atomic mass is 35.5. The summed E-state index contributed by atoms with van der Waals surface area (Å²) in [6.07, 6.45) is 0.751. The number of hydrogen-bond donors (Lipinski definition) is 1. The van der Waals surface area contributed by atoms with Gasteiger partial charge < -0.3 is 10.2 Å². The third-order valence-corrected chi connectivity index (χ3v) is 4.15. The molecule has 0 saturated carbocycles. The molecule has 2 amide bonds. The smallest absolute Gasteiger partial charge is 0.254 e. The van der Waals surface area contributed by atoms with Crippen LogP contribution in [0.3, 0.4) is 0 Å². The number of anilines is 1. The van der Waals surface area contributed by atoms with E-state index in [0.29, 0.717) is 11.6 Å². The molecule has 23 heavy (non-hydrogen) atoms. The molecule has 0 saturated heterocycles. The molecule has 0 aromatic heterocycles. The van der Waals surface area contributed by atoms with E-state index in [9.17, 15) is 9.59 Å². The maximum Gasteiger partial charge on any atom is 0.254 e. The van der Waals surface area contributed by atoms with E-state index in [1.54, 1.807) is 17.0 Å². The molecule has 1 aliphatic rings. The van der Waals surface area contributed by atoms with Crippen LogP contribution < -0.4 is 10.2 Å². The molecule has 1 aliphatic heterocycles. The molecule has 5 heteroatoms. The van der Waals surface area contributed by atoms with Crippen molar-refractivity contribution in [3.63, 3.8) is 0 Å². The number of nitrogens with zero attached hydrogens (tertiary/aromatic N) is 1. The minimum Gasteiger partial charge on any atom is -0.341 e. The number of nitrogens with one attached hydrogen (secondary N) is 1. The standard InChI is InChI=1S/C18H17ClN2O2/c1-12(22)20-17-15-11-14(19)7-8-16(15)21(18(17)23)10-9-13-5-3-2-4-6-13/h2-8,11,17H,9-10H2,1H3,(H,20,22)/t17-/m0/s1. The third kappa shape index (κ3) is 3.22. The highest BCUT2D eigenvalue weighted by Crippen LogP contribution is 2.37. The van der Waals surface area contributed by atoms with Crippen molar-refractivity contribution in [2.24, 2.45) is 0 Å². The average molecular weight is 329 g/mol. The molecule has 4 nitrogen and oxygen atoms in total. The molecule has 2 aromatic carbocycles. The molecule has 3 rings (SSSR count). The molecular weight excluding hydrogens is 312 g/mol. The van der Waals surface area contributed by atoms with Crippen molar-refractivity contribution in [3.05, 3.63) is 64.7 Å². The zero-order valence-electron chi connectivity index (χ0n) is 12.8. The first-order chi connectivity index (χ1) is 11.1. The van der Waals surface area contributed by atoms with Crippen LogP contribution in [0.5, 0.6) is 0 Å². The second kappa shape index (κ2) is 6.42. The molecule has 0 spiro atoms. The highest BCUT2D eigenvalue weighted by molar-refractivity contribution is 6.31. The van der Waals surface area contributed by atoms with E-state index in [1.807, 2.05) is 36.4 Å². The monoisotopic (exact) mass is 328 g/mol. The van der Waals surface area contributed by atoms with Crippen LogP contribution >= 0.6 is 11.6 Å². The molecule has 1 N–H and O–H groups in total. The number of hydrogen-bond acceptors (Lipinski definition) is 2. The molecular formula is C18H17ClN2O2. The number of halogens is 1. The van der Waals surface area contributed by atoms with Crippen LogP contribution in [-0.4, -0.2) is 18.4 Å². The summed E-state index contributed by atoms with van der Waals surface area (Å²) in [6.45, 7) is 1.97. The van der Waals surface area contributed by atoms with E-state index in [4.69, 9.17) is 11.6 Å². The summed E-state index contributed by atoms with van der Waals surface area (Å²) < 4.78 is 0. The van der Waals surface area contributed by atoms with Crippen molar-refractivity contribution in [2.45, 2.75) is 19.4 Å². The largest absolute Gasteiger partial charge is 0.341 e. The van der Waals surface area contributed by atoms with Gasteiger partial charge in [-0.3, -0.25) is 9.59 Å². The number of fused-ring (bicyclic) bond motifs is 1. The van der Waals surface area contributed by atoms with Crippen molar-refractivity contribution in [2.75, 3.05) is 11.4 Å². The van der Waals surface area contributed by atoms with Gasteiger partial charge in [-0.2, -0.15) is 0 Å². The Morgan fingerprint density at radius 1 is 1.22 bits per heavy atom. The summed E-state index contributed by atoms with van der Waals surface area (Å²) in [6, 6.07) is 14.7. The summed E-state index contributed by atoms with van der Waals surface area (Å²) in [5, 5.41) is 3.27. The zero-order valence-corrected chi connectivity index (χ0v) is 13.5. The van der Waals surface area contributed by atoms with Crippen molar-refractivity contribution in [1.29, 1.82) is 0 Å². The lowest BCUT2D eigenvalue weighted by Gasteiger charge is -2.18. The van der Waals surface area contributed by atoms with Crippen LogP contribution in [0.1, 0.15) is 24.1 Å². The Kier molecular flexibility index (Phi) is 4.35. The fraction of sp³-hybridized carbons (Fsp3) is 0.222. The van der Waals surface area contributed by atoms with Crippen LogP contribution in [0.25, 0.3) is 0 Å². The summed E-state index contributed by atoms with van der Waals surface area (Å²) in [7, 11) is 0. The Hall–Kier alpha value is -2.33. The van der Waals surface area contributed by atoms with E-state index in [1.165, 1.54) is 12.5 Å². The minimum absolute atomic E-state index is 0.117. The lowest BCUT2D eigenvalue weighted by atomic mass is 10.1. The normalized spacial score (nSPS) is 16.3. The Balaban J connectivity index is 1.86. The second-order valence-electron chi connectivity index (χ2n) is 5.56. The zero-order chi connectivity index (χ0) is 16.4. The molecule has 0 radical (unpaired) electrons. The molecule has 1 heterocycles. The second-order valence-corrected chi connectivity index (χ2v) is 6.00. The average Bonchev–Trinajstić information content (AvgIpc) is 2.78. The summed E-state index contributed by atoms with van der Waals surface area (Å²) in [5.41, 5.74) is 2.73. The van der Waals surface area contributed by atoms with Gasteiger partial charge in [0.1, 0.15) is 6.04 Å². The van der Waals surface area contributed by atoms with Gasteiger partial charge in [-0.05, 0) is 30.2 Å². The van der Waals surface area contributed by atoms with Gasteiger partial charge in [0.2, 0.25) is 5.91 Å². The Bertz CT molecular complexity index is 746. The van der Waals surface area contributed by atoms with Crippen molar-refractivity contribution in [3.8, 4) is 0 Å². The van der Waals surface area contributed by atoms with Gasteiger partial charge in [0.25, 0.3) is 5.91 Å². The van der Waals surface area contributed by atoms with Gasteiger partial charge in [-0.15, -0.1) is 0 Å². The topological polar surface area (TPSA) is 49.4 Å². The van der Waals surface area contributed by atoms with Crippen molar-refractivity contribution < 1.29 is 9.59 Å². The maximum atomic E-state index is 12.7. The number of rotatable bonds is 4. The van der Waals surface area contributed by atoms with Gasteiger partial charge in [0.05, 0.1) is 0 Å².